The molecule has 94 valence electrons. The minimum absolute atomic E-state index is 0.0384. The summed E-state index contributed by atoms with van der Waals surface area (Å²) in [5.74, 6) is 0.591. The van der Waals surface area contributed by atoms with Crippen molar-refractivity contribution in [1.29, 1.82) is 0 Å². The summed E-state index contributed by atoms with van der Waals surface area (Å²) in [6, 6.07) is 5.70. The molecule has 0 unspecified atom stereocenters. The van der Waals surface area contributed by atoms with Gasteiger partial charge in [-0.1, -0.05) is 0 Å². The first-order chi connectivity index (χ1) is 8.66. The average molecular weight is 245 g/mol. The van der Waals surface area contributed by atoms with E-state index >= 15 is 0 Å². The van der Waals surface area contributed by atoms with E-state index in [-0.39, 0.29) is 5.54 Å². The molecule has 0 radical (unpaired) electrons. The van der Waals surface area contributed by atoms with Gasteiger partial charge in [0, 0.05) is 5.56 Å². The fourth-order valence-corrected chi connectivity index (χ4v) is 1.97. The normalized spacial score (nSPS) is 17.2. The highest BCUT2D eigenvalue weighted by Gasteiger charge is 2.33. The summed E-state index contributed by atoms with van der Waals surface area (Å²) in [6.07, 6.45) is 3.18. The lowest BCUT2D eigenvalue weighted by atomic mass is 9.99. The van der Waals surface area contributed by atoms with Gasteiger partial charge in [-0.15, -0.1) is 0 Å². The molecule has 0 saturated carbocycles. The number of rotatable bonds is 3. The van der Waals surface area contributed by atoms with Gasteiger partial charge in [0.1, 0.15) is 6.26 Å². The van der Waals surface area contributed by atoms with E-state index < -0.39 is 0 Å². The van der Waals surface area contributed by atoms with Crippen LogP contribution in [0.4, 0.5) is 11.4 Å². The topological polar surface area (TPSA) is 73.3 Å². The lowest BCUT2D eigenvalue weighted by Gasteiger charge is -2.40. The Labute approximate surface area is 105 Å². The van der Waals surface area contributed by atoms with E-state index in [0.29, 0.717) is 24.8 Å². The molecule has 3 rings (SSSR count). The van der Waals surface area contributed by atoms with Crippen LogP contribution >= 0.6 is 0 Å². The summed E-state index contributed by atoms with van der Waals surface area (Å²) in [5.41, 5.74) is 8.43. The molecule has 0 aliphatic carbocycles. The van der Waals surface area contributed by atoms with Crippen LogP contribution in [0.2, 0.25) is 0 Å². The molecule has 0 atom stereocenters. The Morgan fingerprint density at radius 1 is 1.39 bits per heavy atom. The molecule has 0 amide bonds. The summed E-state index contributed by atoms with van der Waals surface area (Å²) in [4.78, 5) is 4.13. The Bertz CT molecular complexity index is 547. The Balaban J connectivity index is 1.91. The zero-order valence-corrected chi connectivity index (χ0v) is 10.1. The Hall–Kier alpha value is -2.01. The molecular weight excluding hydrogens is 230 g/mol. The van der Waals surface area contributed by atoms with Crippen LogP contribution in [0, 0.1) is 0 Å². The monoisotopic (exact) mass is 245 g/mol. The molecule has 1 aliphatic heterocycles. The van der Waals surface area contributed by atoms with Crippen molar-refractivity contribution in [3.8, 4) is 11.5 Å². The maximum atomic E-state index is 5.97. The van der Waals surface area contributed by atoms with Crippen LogP contribution in [-0.4, -0.2) is 23.7 Å². The molecule has 5 nitrogen and oxygen atoms in total. The summed E-state index contributed by atoms with van der Waals surface area (Å²) >= 11 is 0. The van der Waals surface area contributed by atoms with Crippen LogP contribution in [0.1, 0.15) is 6.92 Å². The number of oxazole rings is 1. The third-order valence-electron chi connectivity index (χ3n) is 3.01. The molecule has 3 N–H and O–H groups in total. The van der Waals surface area contributed by atoms with Crippen LogP contribution in [-0.2, 0) is 4.74 Å². The quantitative estimate of drug-likeness (QED) is 0.810. The Morgan fingerprint density at radius 2 is 2.22 bits per heavy atom. The van der Waals surface area contributed by atoms with Crippen molar-refractivity contribution in [3.63, 3.8) is 0 Å². The molecule has 0 bridgehead atoms. The lowest BCUT2D eigenvalue weighted by molar-refractivity contribution is -0.0317. The summed E-state index contributed by atoms with van der Waals surface area (Å²) in [6.45, 7) is 3.49. The van der Waals surface area contributed by atoms with E-state index in [1.165, 1.54) is 0 Å². The second kappa shape index (κ2) is 4.03. The maximum Gasteiger partial charge on any atom is 0.225 e. The van der Waals surface area contributed by atoms with Gasteiger partial charge in [-0.2, -0.15) is 0 Å². The van der Waals surface area contributed by atoms with Gasteiger partial charge in [0.05, 0.1) is 36.3 Å². The van der Waals surface area contributed by atoms with Gasteiger partial charge in [0.25, 0.3) is 0 Å². The second-order valence-corrected chi connectivity index (χ2v) is 4.82. The highest BCUT2D eigenvalue weighted by Crippen LogP contribution is 2.30. The lowest BCUT2D eigenvalue weighted by Crippen LogP contribution is -2.53. The summed E-state index contributed by atoms with van der Waals surface area (Å²) in [7, 11) is 0. The zero-order chi connectivity index (χ0) is 12.6. The molecule has 2 aromatic rings. The van der Waals surface area contributed by atoms with Crippen LogP contribution < -0.4 is 11.1 Å². The number of aromatic nitrogens is 1. The molecule has 1 fully saturated rings. The highest BCUT2D eigenvalue weighted by atomic mass is 16.5. The van der Waals surface area contributed by atoms with E-state index in [4.69, 9.17) is 14.9 Å². The van der Waals surface area contributed by atoms with E-state index in [2.05, 4.69) is 17.2 Å². The smallest absolute Gasteiger partial charge is 0.225 e. The van der Waals surface area contributed by atoms with Gasteiger partial charge in [-0.05, 0) is 25.1 Å². The van der Waals surface area contributed by atoms with Crippen LogP contribution in [0.25, 0.3) is 11.5 Å². The van der Waals surface area contributed by atoms with Crippen molar-refractivity contribution in [3.05, 3.63) is 30.7 Å². The first-order valence-corrected chi connectivity index (χ1v) is 5.82. The van der Waals surface area contributed by atoms with Crippen LogP contribution in [0.5, 0.6) is 0 Å². The minimum atomic E-state index is -0.0384. The zero-order valence-electron chi connectivity index (χ0n) is 10.1. The van der Waals surface area contributed by atoms with Gasteiger partial charge >= 0.3 is 0 Å². The number of nitrogens with two attached hydrogens (primary N) is 1. The van der Waals surface area contributed by atoms with E-state index in [1.54, 1.807) is 12.5 Å². The largest absolute Gasteiger partial charge is 0.445 e. The molecule has 1 aromatic carbocycles. The van der Waals surface area contributed by atoms with Crippen molar-refractivity contribution in [2.24, 2.45) is 0 Å². The molecule has 0 spiro atoms. The fraction of sp³-hybridized carbons (Fsp3) is 0.308. The number of ether oxygens (including phenoxy) is 1. The van der Waals surface area contributed by atoms with E-state index in [1.807, 2.05) is 18.2 Å². The standard InChI is InChI=1S/C13H15N3O2/c1-13(7-17-8-13)16-11-6-9(2-3-10(11)14)12-15-4-5-18-12/h2-6,16H,7-8,14H2,1H3. The molecule has 1 aromatic heterocycles. The van der Waals surface area contributed by atoms with Gasteiger partial charge in [-0.25, -0.2) is 4.98 Å². The van der Waals surface area contributed by atoms with E-state index in [0.717, 1.165) is 11.3 Å². The summed E-state index contributed by atoms with van der Waals surface area (Å²) < 4.78 is 10.5. The number of nitrogens with one attached hydrogen (secondary N) is 1. The number of nitrogen functional groups attached to an aromatic ring is 1. The summed E-state index contributed by atoms with van der Waals surface area (Å²) in [5, 5.41) is 3.41. The van der Waals surface area contributed by atoms with Crippen molar-refractivity contribution >= 4 is 11.4 Å². The van der Waals surface area contributed by atoms with Crippen LogP contribution in [0.3, 0.4) is 0 Å². The number of benzene rings is 1. The van der Waals surface area contributed by atoms with Crippen molar-refractivity contribution in [1.82, 2.24) is 4.98 Å². The van der Waals surface area contributed by atoms with Crippen molar-refractivity contribution in [2.45, 2.75) is 12.5 Å². The van der Waals surface area contributed by atoms with Crippen molar-refractivity contribution < 1.29 is 9.15 Å². The first-order valence-electron chi connectivity index (χ1n) is 5.82. The third-order valence-corrected chi connectivity index (χ3v) is 3.01. The van der Waals surface area contributed by atoms with Gasteiger partial charge in [0.2, 0.25) is 5.89 Å². The highest BCUT2D eigenvalue weighted by molar-refractivity contribution is 5.74. The van der Waals surface area contributed by atoms with Crippen LogP contribution in [0.15, 0.2) is 35.1 Å². The van der Waals surface area contributed by atoms with Gasteiger partial charge < -0.3 is 20.2 Å². The minimum Gasteiger partial charge on any atom is -0.445 e. The predicted octanol–water partition coefficient (Wildman–Crippen LogP) is 2.12. The number of nitrogens with zero attached hydrogens (tertiary/aromatic N) is 1. The fourth-order valence-electron chi connectivity index (χ4n) is 1.97. The molecule has 2 heterocycles. The number of anilines is 2. The third kappa shape index (κ3) is 1.93. The Kier molecular flexibility index (Phi) is 2.48. The van der Waals surface area contributed by atoms with Gasteiger partial charge in [-0.3, -0.25) is 0 Å². The van der Waals surface area contributed by atoms with Gasteiger partial charge in [0.15, 0.2) is 0 Å². The number of hydrogen-bond acceptors (Lipinski definition) is 5. The van der Waals surface area contributed by atoms with E-state index in [9.17, 15) is 0 Å². The maximum absolute atomic E-state index is 5.97. The van der Waals surface area contributed by atoms with Crippen molar-refractivity contribution in [2.75, 3.05) is 24.3 Å². The molecular formula is C13H15N3O2. The predicted molar refractivity (Wildman–Crippen MR) is 69.2 cm³/mol. The molecule has 1 saturated heterocycles. The number of hydrogen-bond donors (Lipinski definition) is 2. The first kappa shape index (κ1) is 11.1. The molecule has 18 heavy (non-hydrogen) atoms. The molecule has 1 aliphatic rings. The SMILES string of the molecule is CC1(Nc2cc(-c3ncco3)ccc2N)COC1. The average Bonchev–Trinajstić information content (AvgIpc) is 2.83. The second-order valence-electron chi connectivity index (χ2n) is 4.82. The Morgan fingerprint density at radius 3 is 2.83 bits per heavy atom. The molecule has 5 heteroatoms.